The van der Waals surface area contributed by atoms with E-state index < -0.39 is 29.4 Å². The number of esters is 1. The van der Waals surface area contributed by atoms with Gasteiger partial charge in [-0.3, -0.25) is 4.79 Å². The minimum Gasteiger partial charge on any atom is -0.458 e. The van der Waals surface area contributed by atoms with Crippen LogP contribution in [0.1, 0.15) is 60.8 Å². The van der Waals surface area contributed by atoms with E-state index in [1.165, 1.54) is 0 Å². The van der Waals surface area contributed by atoms with E-state index in [0.717, 1.165) is 18.6 Å². The normalized spacial score (nSPS) is 26.7. The summed E-state index contributed by atoms with van der Waals surface area (Å²) in [5.74, 6) is 0.735. The van der Waals surface area contributed by atoms with E-state index in [1.54, 1.807) is 37.4 Å². The number of carbonyl (C=O) groups excluding carboxylic acids is 3. The number of alkyl carbamates (subject to hydrolysis) is 1. The standard InChI is InChI=1S/C19H32N2O5S/c1-18(2,3)25-16(23)14-8-7-12-9-10-27-11-13(15(22)21(12)14)20-17(24)26-19(4,5)6/h12-14H,7-11H2,1-6H3,(H,20,24)/t12-,13+,14+/m1/s1. The van der Waals surface area contributed by atoms with Crippen LogP contribution < -0.4 is 5.32 Å². The largest absolute Gasteiger partial charge is 0.458 e. The lowest BCUT2D eigenvalue weighted by molar-refractivity contribution is -0.164. The number of rotatable bonds is 2. The number of hydrogen-bond acceptors (Lipinski definition) is 6. The van der Waals surface area contributed by atoms with Crippen molar-refractivity contribution in [3.63, 3.8) is 0 Å². The van der Waals surface area contributed by atoms with Gasteiger partial charge >= 0.3 is 12.1 Å². The van der Waals surface area contributed by atoms with Gasteiger partial charge in [0, 0.05) is 11.8 Å². The average molecular weight is 401 g/mol. The van der Waals surface area contributed by atoms with E-state index in [1.807, 2.05) is 20.8 Å². The fourth-order valence-corrected chi connectivity index (χ4v) is 4.39. The number of carbonyl (C=O) groups is 3. The van der Waals surface area contributed by atoms with Crippen LogP contribution in [0.25, 0.3) is 0 Å². The summed E-state index contributed by atoms with van der Waals surface area (Å²) in [5, 5.41) is 2.69. The lowest BCUT2D eigenvalue weighted by atomic mass is 10.1. The molecular formula is C19H32N2O5S. The van der Waals surface area contributed by atoms with Gasteiger partial charge in [-0.15, -0.1) is 0 Å². The first-order valence-corrected chi connectivity index (χ1v) is 10.6. The second kappa shape index (κ2) is 8.29. The van der Waals surface area contributed by atoms with E-state index in [-0.39, 0.29) is 17.9 Å². The van der Waals surface area contributed by atoms with Gasteiger partial charge in [-0.25, -0.2) is 9.59 Å². The number of nitrogens with zero attached hydrogens (tertiary/aromatic N) is 1. The molecule has 2 amide bonds. The highest BCUT2D eigenvalue weighted by molar-refractivity contribution is 7.99. The molecule has 0 saturated carbocycles. The minimum atomic E-state index is -0.712. The van der Waals surface area contributed by atoms with Crippen molar-refractivity contribution in [3.05, 3.63) is 0 Å². The molecule has 27 heavy (non-hydrogen) atoms. The van der Waals surface area contributed by atoms with Crippen LogP contribution in [0, 0.1) is 0 Å². The molecule has 0 aliphatic carbocycles. The first-order chi connectivity index (χ1) is 12.4. The van der Waals surface area contributed by atoms with E-state index in [0.29, 0.717) is 12.2 Å². The minimum absolute atomic E-state index is 0.00533. The van der Waals surface area contributed by atoms with Gasteiger partial charge in [0.05, 0.1) is 0 Å². The molecule has 2 fully saturated rings. The Morgan fingerprint density at radius 1 is 1.04 bits per heavy atom. The number of nitrogens with one attached hydrogen (secondary N) is 1. The number of amides is 2. The summed E-state index contributed by atoms with van der Waals surface area (Å²) < 4.78 is 10.8. The molecule has 3 atom stereocenters. The second-order valence-electron chi connectivity index (χ2n) is 9.09. The van der Waals surface area contributed by atoms with Crippen LogP contribution in [-0.2, 0) is 19.1 Å². The van der Waals surface area contributed by atoms with Crippen molar-refractivity contribution >= 4 is 29.7 Å². The van der Waals surface area contributed by atoms with Crippen LogP contribution in [0.2, 0.25) is 0 Å². The Hall–Kier alpha value is -1.44. The second-order valence-corrected chi connectivity index (χ2v) is 10.2. The average Bonchev–Trinajstić information content (AvgIpc) is 2.88. The smallest absolute Gasteiger partial charge is 0.408 e. The lowest BCUT2D eigenvalue weighted by Gasteiger charge is -2.35. The van der Waals surface area contributed by atoms with Crippen molar-refractivity contribution in [2.24, 2.45) is 0 Å². The van der Waals surface area contributed by atoms with E-state index in [4.69, 9.17) is 9.47 Å². The Morgan fingerprint density at radius 2 is 1.67 bits per heavy atom. The monoisotopic (exact) mass is 400 g/mol. The molecule has 8 heteroatoms. The molecule has 2 heterocycles. The quantitative estimate of drug-likeness (QED) is 0.718. The van der Waals surface area contributed by atoms with Crippen molar-refractivity contribution in [3.8, 4) is 0 Å². The molecule has 0 bridgehead atoms. The summed E-state index contributed by atoms with van der Waals surface area (Å²) >= 11 is 1.64. The molecular weight excluding hydrogens is 368 g/mol. The summed E-state index contributed by atoms with van der Waals surface area (Å²) in [6.07, 6.45) is 1.59. The molecule has 7 nitrogen and oxygen atoms in total. The number of thioether (sulfide) groups is 1. The van der Waals surface area contributed by atoms with Crippen molar-refractivity contribution in [1.82, 2.24) is 10.2 Å². The first-order valence-electron chi connectivity index (χ1n) is 9.50. The first kappa shape index (κ1) is 21.9. The maximum Gasteiger partial charge on any atom is 0.408 e. The molecule has 0 radical (unpaired) electrons. The lowest BCUT2D eigenvalue weighted by Crippen LogP contribution is -2.57. The molecule has 0 spiro atoms. The van der Waals surface area contributed by atoms with Gasteiger partial charge in [0.1, 0.15) is 23.3 Å². The molecule has 0 unspecified atom stereocenters. The summed E-state index contributed by atoms with van der Waals surface area (Å²) in [6.45, 7) is 10.8. The molecule has 0 aromatic rings. The molecule has 0 aromatic heterocycles. The molecule has 2 aliphatic heterocycles. The van der Waals surface area contributed by atoms with Gasteiger partial charge in [0.15, 0.2) is 0 Å². The molecule has 154 valence electrons. The third-order valence-electron chi connectivity index (χ3n) is 4.30. The summed E-state index contributed by atoms with van der Waals surface area (Å²) in [5.41, 5.74) is -1.25. The van der Waals surface area contributed by atoms with Crippen LogP contribution in [0.3, 0.4) is 0 Å². The van der Waals surface area contributed by atoms with Gasteiger partial charge in [-0.2, -0.15) is 11.8 Å². The van der Waals surface area contributed by atoms with Crippen LogP contribution in [0.4, 0.5) is 4.79 Å². The topological polar surface area (TPSA) is 84.9 Å². The fraction of sp³-hybridized carbons (Fsp3) is 0.842. The Morgan fingerprint density at radius 3 is 2.26 bits per heavy atom. The van der Waals surface area contributed by atoms with Crippen LogP contribution in [0.15, 0.2) is 0 Å². The molecule has 2 rings (SSSR count). The third-order valence-corrected chi connectivity index (χ3v) is 5.40. The Labute approximate surface area is 165 Å². The Bertz CT molecular complexity index is 582. The van der Waals surface area contributed by atoms with E-state index >= 15 is 0 Å². The molecule has 1 N–H and O–H groups in total. The van der Waals surface area contributed by atoms with Crippen molar-refractivity contribution < 1.29 is 23.9 Å². The van der Waals surface area contributed by atoms with E-state index in [9.17, 15) is 14.4 Å². The van der Waals surface area contributed by atoms with Gasteiger partial charge in [0.25, 0.3) is 0 Å². The maximum absolute atomic E-state index is 13.2. The predicted octanol–water partition coefficient (Wildman–Crippen LogP) is 2.72. The van der Waals surface area contributed by atoms with Gasteiger partial charge < -0.3 is 19.7 Å². The zero-order valence-electron chi connectivity index (χ0n) is 17.2. The number of hydrogen-bond donors (Lipinski definition) is 1. The Kier molecular flexibility index (Phi) is 6.71. The van der Waals surface area contributed by atoms with E-state index in [2.05, 4.69) is 5.32 Å². The highest BCUT2D eigenvalue weighted by atomic mass is 32.2. The Balaban J connectivity index is 2.14. The maximum atomic E-state index is 13.2. The van der Waals surface area contributed by atoms with Crippen molar-refractivity contribution in [1.29, 1.82) is 0 Å². The molecule has 2 saturated heterocycles. The van der Waals surface area contributed by atoms with Crippen LogP contribution in [0.5, 0.6) is 0 Å². The summed E-state index contributed by atoms with van der Waals surface area (Å²) in [6, 6.07) is -1.30. The zero-order valence-corrected chi connectivity index (χ0v) is 18.0. The fourth-order valence-electron chi connectivity index (χ4n) is 3.33. The zero-order chi connectivity index (χ0) is 20.4. The third kappa shape index (κ3) is 6.30. The summed E-state index contributed by atoms with van der Waals surface area (Å²) in [4.78, 5) is 39.6. The van der Waals surface area contributed by atoms with Gasteiger partial charge in [-0.1, -0.05) is 0 Å². The van der Waals surface area contributed by atoms with Crippen LogP contribution >= 0.6 is 11.8 Å². The number of fused-ring (bicyclic) bond motifs is 1. The molecule has 2 aliphatic rings. The van der Waals surface area contributed by atoms with Crippen molar-refractivity contribution in [2.75, 3.05) is 11.5 Å². The highest BCUT2D eigenvalue weighted by Gasteiger charge is 2.45. The van der Waals surface area contributed by atoms with Gasteiger partial charge in [0.2, 0.25) is 5.91 Å². The molecule has 0 aromatic carbocycles. The van der Waals surface area contributed by atoms with Gasteiger partial charge in [-0.05, 0) is 66.6 Å². The highest BCUT2D eigenvalue weighted by Crippen LogP contribution is 2.32. The number of ether oxygens (including phenoxy) is 2. The van der Waals surface area contributed by atoms with Crippen molar-refractivity contribution in [2.45, 2.75) is 90.1 Å². The summed E-state index contributed by atoms with van der Waals surface area (Å²) in [7, 11) is 0. The van der Waals surface area contributed by atoms with Crippen LogP contribution in [-0.4, -0.2) is 63.7 Å². The SMILES string of the molecule is CC(C)(C)OC(=O)N[C@H]1CSCC[C@H]2CC[C@@H](C(=O)OC(C)(C)C)N2C1=O. The predicted molar refractivity (Wildman–Crippen MR) is 105 cm³/mol.